The summed E-state index contributed by atoms with van der Waals surface area (Å²) in [5.41, 5.74) is 0. The van der Waals surface area contributed by atoms with Crippen molar-refractivity contribution in [3.05, 3.63) is 61.1 Å². The van der Waals surface area contributed by atoms with Crippen LogP contribution in [0.15, 0.2) is 71.2 Å². The molecule has 1 unspecified atom stereocenters. The van der Waals surface area contributed by atoms with Crippen molar-refractivity contribution in [3.63, 3.8) is 0 Å². The smallest absolute Gasteiger partial charge is 0.106 e. The Balaban J connectivity index is 1.72. The van der Waals surface area contributed by atoms with E-state index in [0.29, 0.717) is 17.4 Å². The number of hydrogen-bond donors (Lipinski definition) is 1. The fourth-order valence-electron chi connectivity index (χ4n) is 2.13. The van der Waals surface area contributed by atoms with Crippen molar-refractivity contribution in [2.75, 3.05) is 5.75 Å². The Hall–Kier alpha value is -0.760. The summed E-state index contributed by atoms with van der Waals surface area (Å²) in [5.74, 6) is 1.38. The maximum Gasteiger partial charge on any atom is 0.106 e. The van der Waals surface area contributed by atoms with Crippen LogP contribution >= 0.6 is 43.2 Å². The SMILES string of the molecule is C=C(O)CCCCC(CCSSc1ccccn1)SSc1ccccn1. The van der Waals surface area contributed by atoms with Crippen LogP contribution in [0.5, 0.6) is 0 Å². The first kappa shape index (κ1) is 21.5. The number of allylic oxidation sites excluding steroid dienone is 1. The lowest BCUT2D eigenvalue weighted by Crippen LogP contribution is -2.03. The Labute approximate surface area is 172 Å². The van der Waals surface area contributed by atoms with Crippen LogP contribution in [0.25, 0.3) is 0 Å². The van der Waals surface area contributed by atoms with Gasteiger partial charge in [-0.25, -0.2) is 9.97 Å². The van der Waals surface area contributed by atoms with Gasteiger partial charge >= 0.3 is 0 Å². The lowest BCUT2D eigenvalue weighted by Gasteiger charge is -2.15. The Kier molecular flexibility index (Phi) is 11.1. The van der Waals surface area contributed by atoms with Gasteiger partial charge in [0.1, 0.15) is 10.1 Å². The molecule has 0 bridgehead atoms. The summed E-state index contributed by atoms with van der Waals surface area (Å²) < 4.78 is 0. The van der Waals surface area contributed by atoms with Crippen LogP contribution in [0.1, 0.15) is 32.1 Å². The van der Waals surface area contributed by atoms with Gasteiger partial charge in [0, 0.05) is 29.8 Å². The van der Waals surface area contributed by atoms with E-state index >= 15 is 0 Å². The molecule has 0 saturated carbocycles. The molecular formula is C19H24N2OS4. The lowest BCUT2D eigenvalue weighted by molar-refractivity contribution is 0.383. The molecule has 2 aromatic rings. The zero-order valence-electron chi connectivity index (χ0n) is 14.6. The number of nitrogens with zero attached hydrogens (tertiary/aromatic N) is 2. The van der Waals surface area contributed by atoms with E-state index < -0.39 is 0 Å². The molecule has 26 heavy (non-hydrogen) atoms. The molecule has 0 amide bonds. The molecule has 1 N–H and O–H groups in total. The molecule has 140 valence electrons. The number of unbranched alkanes of at least 4 members (excludes halogenated alkanes) is 1. The molecule has 0 spiro atoms. The molecule has 0 aliphatic heterocycles. The second-order valence-electron chi connectivity index (χ2n) is 5.64. The second kappa shape index (κ2) is 13.4. The zero-order valence-corrected chi connectivity index (χ0v) is 17.9. The van der Waals surface area contributed by atoms with E-state index in [-0.39, 0.29) is 0 Å². The van der Waals surface area contributed by atoms with E-state index in [4.69, 9.17) is 0 Å². The van der Waals surface area contributed by atoms with Gasteiger partial charge < -0.3 is 5.11 Å². The summed E-state index contributed by atoms with van der Waals surface area (Å²) in [7, 11) is 7.27. The largest absolute Gasteiger partial charge is 0.513 e. The number of rotatable bonds is 13. The molecule has 0 aromatic carbocycles. The fraction of sp³-hybridized carbons (Fsp3) is 0.368. The number of hydrogen-bond acceptors (Lipinski definition) is 7. The third-order valence-corrected chi connectivity index (χ3v) is 8.62. The number of aromatic nitrogens is 2. The molecule has 0 aliphatic carbocycles. The molecule has 2 heterocycles. The molecular weight excluding hydrogens is 400 g/mol. The number of pyridine rings is 2. The van der Waals surface area contributed by atoms with Gasteiger partial charge in [0.2, 0.25) is 0 Å². The molecule has 7 heteroatoms. The van der Waals surface area contributed by atoms with Gasteiger partial charge in [-0.3, -0.25) is 0 Å². The first-order chi connectivity index (χ1) is 12.7. The minimum absolute atomic E-state index is 0.291. The van der Waals surface area contributed by atoms with Gasteiger partial charge in [0.25, 0.3) is 0 Å². The van der Waals surface area contributed by atoms with Crippen molar-refractivity contribution in [2.45, 2.75) is 47.4 Å². The highest BCUT2D eigenvalue weighted by molar-refractivity contribution is 8.77. The van der Waals surface area contributed by atoms with Crippen molar-refractivity contribution in [2.24, 2.45) is 0 Å². The highest BCUT2D eigenvalue weighted by atomic mass is 33.1. The Bertz CT molecular complexity index is 628. The maximum absolute atomic E-state index is 9.23. The van der Waals surface area contributed by atoms with E-state index in [1.807, 2.05) is 64.3 Å². The average molecular weight is 425 g/mol. The van der Waals surface area contributed by atoms with Crippen molar-refractivity contribution in [1.29, 1.82) is 0 Å². The minimum Gasteiger partial charge on any atom is -0.513 e. The summed E-state index contributed by atoms with van der Waals surface area (Å²) >= 11 is 0. The van der Waals surface area contributed by atoms with Crippen LogP contribution in [0.4, 0.5) is 0 Å². The summed E-state index contributed by atoms with van der Waals surface area (Å²) in [6.45, 7) is 3.56. The molecule has 0 saturated heterocycles. The highest BCUT2D eigenvalue weighted by Gasteiger charge is 2.11. The summed E-state index contributed by atoms with van der Waals surface area (Å²) in [4.78, 5) is 8.73. The third-order valence-electron chi connectivity index (χ3n) is 3.45. The molecule has 0 radical (unpaired) electrons. The van der Waals surface area contributed by atoms with Crippen molar-refractivity contribution in [1.82, 2.24) is 9.97 Å². The van der Waals surface area contributed by atoms with Gasteiger partial charge in [0.15, 0.2) is 0 Å². The van der Waals surface area contributed by atoms with Crippen LogP contribution in [0, 0.1) is 0 Å². The maximum atomic E-state index is 9.23. The van der Waals surface area contributed by atoms with E-state index in [9.17, 15) is 5.11 Å². The minimum atomic E-state index is 0.291. The van der Waals surface area contributed by atoms with Gasteiger partial charge in [0.05, 0.1) is 5.76 Å². The molecule has 0 aliphatic rings. The normalized spacial score (nSPS) is 12.0. The molecule has 3 nitrogen and oxygen atoms in total. The van der Waals surface area contributed by atoms with Crippen molar-refractivity contribution in [3.8, 4) is 0 Å². The van der Waals surface area contributed by atoms with Crippen LogP contribution in [-0.2, 0) is 0 Å². The molecule has 2 aromatic heterocycles. The first-order valence-corrected chi connectivity index (χ1v) is 13.1. The third kappa shape index (κ3) is 9.80. The quantitative estimate of drug-likeness (QED) is 0.210. The Morgan fingerprint density at radius 2 is 1.65 bits per heavy atom. The monoisotopic (exact) mass is 424 g/mol. The summed E-state index contributed by atoms with van der Waals surface area (Å²) in [6.07, 6.45) is 8.77. The molecule has 0 fully saturated rings. The Morgan fingerprint density at radius 3 is 2.27 bits per heavy atom. The number of aliphatic hydroxyl groups excluding tert-OH is 1. The van der Waals surface area contributed by atoms with E-state index in [2.05, 4.69) is 22.6 Å². The summed E-state index contributed by atoms with van der Waals surface area (Å²) in [6, 6.07) is 12.0. The van der Waals surface area contributed by atoms with Gasteiger partial charge in [-0.05, 0) is 65.1 Å². The second-order valence-corrected chi connectivity index (χ2v) is 10.6. The van der Waals surface area contributed by atoms with Crippen LogP contribution in [0.3, 0.4) is 0 Å². The number of aliphatic hydroxyl groups is 1. The van der Waals surface area contributed by atoms with Gasteiger partial charge in [-0.15, -0.1) is 0 Å². The van der Waals surface area contributed by atoms with Gasteiger partial charge in [-0.2, -0.15) is 0 Å². The first-order valence-electron chi connectivity index (χ1n) is 8.55. The van der Waals surface area contributed by atoms with Gasteiger partial charge in [-0.1, -0.05) is 46.7 Å². The van der Waals surface area contributed by atoms with Crippen molar-refractivity contribution >= 4 is 43.2 Å². The molecule has 2 rings (SSSR count). The zero-order chi connectivity index (χ0) is 18.5. The van der Waals surface area contributed by atoms with E-state index in [0.717, 1.165) is 41.5 Å². The predicted octanol–water partition coefficient (Wildman–Crippen LogP) is 7.05. The summed E-state index contributed by atoms with van der Waals surface area (Å²) in [5, 5.41) is 11.9. The standard InChI is InChI=1S/C19H24N2OS4/c1-16(22)8-2-3-9-17(24-26-19-11-5-7-14-21-19)12-15-23-25-18-10-4-6-13-20-18/h4-7,10-11,13-14,17,22H,1-3,8-9,12,15H2. The topological polar surface area (TPSA) is 46.0 Å². The predicted molar refractivity (Wildman–Crippen MR) is 119 cm³/mol. The van der Waals surface area contributed by atoms with Crippen LogP contribution < -0.4 is 0 Å². The average Bonchev–Trinajstić information content (AvgIpc) is 2.67. The highest BCUT2D eigenvalue weighted by Crippen LogP contribution is 2.38. The van der Waals surface area contributed by atoms with Crippen molar-refractivity contribution < 1.29 is 5.11 Å². The Morgan fingerprint density at radius 1 is 0.962 bits per heavy atom. The van der Waals surface area contributed by atoms with Crippen LogP contribution in [0.2, 0.25) is 0 Å². The molecule has 1 atom stereocenters. The van der Waals surface area contributed by atoms with Crippen LogP contribution in [-0.4, -0.2) is 26.1 Å². The van der Waals surface area contributed by atoms with E-state index in [1.165, 1.54) is 0 Å². The fourth-order valence-corrected chi connectivity index (χ4v) is 6.83. The van der Waals surface area contributed by atoms with E-state index in [1.54, 1.807) is 21.6 Å². The lowest BCUT2D eigenvalue weighted by atomic mass is 10.1.